The Kier molecular flexibility index (Phi) is 6.74. The normalized spacial score (nSPS) is 10.9. The average Bonchev–Trinajstić information content (AvgIpc) is 3.26. The second-order valence-corrected chi connectivity index (χ2v) is 8.52. The van der Waals surface area contributed by atoms with E-state index in [1.165, 1.54) is 35.6 Å². The molecule has 4 rings (SSSR count). The largest absolute Gasteiger partial charge is 0.308 e. The Hall–Kier alpha value is -3.66. The minimum absolute atomic E-state index is 0.0264. The lowest BCUT2D eigenvalue weighted by Gasteiger charge is -2.05. The summed E-state index contributed by atoms with van der Waals surface area (Å²) in [6.45, 7) is 0. The summed E-state index contributed by atoms with van der Waals surface area (Å²) >= 11 is 12.3. The van der Waals surface area contributed by atoms with Gasteiger partial charge in [-0.05, 0) is 46.8 Å². The molecule has 1 amide bonds. The van der Waals surface area contributed by atoms with Crippen molar-refractivity contribution < 1.29 is 9.72 Å². The molecule has 0 spiro atoms. The lowest BCUT2D eigenvalue weighted by atomic mass is 10.1. The molecular formula is C23H15ClN4O3S2. The van der Waals surface area contributed by atoms with Gasteiger partial charge in [0.05, 0.1) is 10.6 Å². The number of nitrogens with zero attached hydrogens (tertiary/aromatic N) is 2. The smallest absolute Gasteiger partial charge is 0.288 e. The van der Waals surface area contributed by atoms with E-state index in [0.717, 1.165) is 22.0 Å². The van der Waals surface area contributed by atoms with Gasteiger partial charge in [-0.2, -0.15) is 0 Å². The van der Waals surface area contributed by atoms with Gasteiger partial charge in [-0.25, -0.2) is 4.98 Å². The maximum absolute atomic E-state index is 12.2. The van der Waals surface area contributed by atoms with Gasteiger partial charge in [0, 0.05) is 23.1 Å². The Morgan fingerprint density at radius 1 is 1.12 bits per heavy atom. The van der Waals surface area contributed by atoms with Crippen LogP contribution in [-0.4, -0.2) is 20.9 Å². The van der Waals surface area contributed by atoms with E-state index in [1.54, 1.807) is 6.07 Å². The molecule has 0 bridgehead atoms. The molecule has 0 radical (unpaired) electrons. The van der Waals surface area contributed by atoms with Crippen molar-refractivity contribution in [3.05, 3.63) is 92.8 Å². The third-order valence-electron chi connectivity index (χ3n) is 4.60. The number of nitro benzene ring substituents is 1. The molecule has 33 heavy (non-hydrogen) atoms. The molecule has 164 valence electrons. The average molecular weight is 495 g/mol. The number of aromatic nitrogens is 1. The van der Waals surface area contributed by atoms with Crippen LogP contribution in [0.3, 0.4) is 0 Å². The van der Waals surface area contributed by atoms with Crippen molar-refractivity contribution >= 4 is 73.8 Å². The van der Waals surface area contributed by atoms with Crippen molar-refractivity contribution in [3.63, 3.8) is 0 Å². The van der Waals surface area contributed by atoms with Crippen molar-refractivity contribution in [3.8, 4) is 11.3 Å². The summed E-state index contributed by atoms with van der Waals surface area (Å²) in [6.07, 6.45) is 2.66. The summed E-state index contributed by atoms with van der Waals surface area (Å²) in [5, 5.41) is 21.2. The lowest BCUT2D eigenvalue weighted by molar-refractivity contribution is -0.384. The van der Waals surface area contributed by atoms with E-state index in [9.17, 15) is 14.9 Å². The maximum atomic E-state index is 12.2. The Balaban J connectivity index is 1.37. The van der Waals surface area contributed by atoms with Crippen LogP contribution in [0.5, 0.6) is 0 Å². The van der Waals surface area contributed by atoms with Crippen LogP contribution in [0.15, 0.2) is 72.1 Å². The van der Waals surface area contributed by atoms with E-state index in [2.05, 4.69) is 27.8 Å². The molecule has 0 aliphatic carbocycles. The number of fused-ring (bicyclic) bond motifs is 1. The second-order valence-electron chi connectivity index (χ2n) is 6.84. The molecule has 2 N–H and O–H groups in total. The third kappa shape index (κ3) is 5.58. The number of nitro groups is 1. The van der Waals surface area contributed by atoms with Crippen molar-refractivity contribution in [1.29, 1.82) is 0 Å². The fraction of sp³-hybridized carbons (Fsp3) is 0. The molecule has 0 atom stereocenters. The number of benzene rings is 3. The molecule has 10 heteroatoms. The number of amides is 1. The van der Waals surface area contributed by atoms with Crippen molar-refractivity contribution in [2.45, 2.75) is 0 Å². The highest BCUT2D eigenvalue weighted by Crippen LogP contribution is 2.28. The van der Waals surface area contributed by atoms with Gasteiger partial charge >= 0.3 is 0 Å². The number of carbonyl (C=O) groups excluding carboxylic acids is 1. The zero-order chi connectivity index (χ0) is 23.4. The minimum atomic E-state index is -0.584. The van der Waals surface area contributed by atoms with Crippen LogP contribution in [0.25, 0.3) is 28.1 Å². The Morgan fingerprint density at radius 2 is 1.91 bits per heavy atom. The number of hydrogen-bond acceptors (Lipinski definition) is 6. The molecule has 0 unspecified atom stereocenters. The molecule has 0 saturated heterocycles. The molecule has 1 aromatic heterocycles. The number of anilines is 1. The number of halogens is 1. The summed E-state index contributed by atoms with van der Waals surface area (Å²) in [4.78, 5) is 27.1. The van der Waals surface area contributed by atoms with E-state index < -0.39 is 10.8 Å². The van der Waals surface area contributed by atoms with Crippen molar-refractivity contribution in [2.75, 3.05) is 5.32 Å². The molecule has 1 heterocycles. The predicted molar refractivity (Wildman–Crippen MR) is 137 cm³/mol. The summed E-state index contributed by atoms with van der Waals surface area (Å²) in [7, 11) is 0. The molecule has 4 aromatic rings. The number of thiazole rings is 1. The fourth-order valence-electron chi connectivity index (χ4n) is 3.04. The van der Waals surface area contributed by atoms with E-state index in [0.29, 0.717) is 10.7 Å². The first-order chi connectivity index (χ1) is 15.9. The van der Waals surface area contributed by atoms with Gasteiger partial charge in [-0.15, -0.1) is 11.3 Å². The number of thiocarbonyl (C=S) groups is 1. The van der Waals surface area contributed by atoms with Gasteiger partial charge in [-0.1, -0.05) is 54.1 Å². The first-order valence-corrected chi connectivity index (χ1v) is 11.2. The summed E-state index contributed by atoms with van der Waals surface area (Å²) < 4.78 is 0. The van der Waals surface area contributed by atoms with Crippen LogP contribution in [0.1, 0.15) is 5.56 Å². The van der Waals surface area contributed by atoms with Crippen LogP contribution in [-0.2, 0) is 4.79 Å². The zero-order valence-corrected chi connectivity index (χ0v) is 19.2. The van der Waals surface area contributed by atoms with Gasteiger partial charge < -0.3 is 5.32 Å². The van der Waals surface area contributed by atoms with Gasteiger partial charge in [0.1, 0.15) is 5.02 Å². The van der Waals surface area contributed by atoms with E-state index >= 15 is 0 Å². The summed E-state index contributed by atoms with van der Waals surface area (Å²) in [5.74, 6) is -0.489. The quantitative estimate of drug-likeness (QED) is 0.152. The van der Waals surface area contributed by atoms with Crippen LogP contribution in [0, 0.1) is 10.1 Å². The van der Waals surface area contributed by atoms with Gasteiger partial charge in [0.15, 0.2) is 10.2 Å². The highest BCUT2D eigenvalue weighted by molar-refractivity contribution is 7.80. The van der Waals surface area contributed by atoms with E-state index in [1.807, 2.05) is 35.7 Å². The van der Waals surface area contributed by atoms with Crippen molar-refractivity contribution in [1.82, 2.24) is 10.3 Å². The van der Waals surface area contributed by atoms with Crippen molar-refractivity contribution in [2.24, 2.45) is 0 Å². The van der Waals surface area contributed by atoms with Gasteiger partial charge in [-0.3, -0.25) is 20.2 Å². The lowest BCUT2D eigenvalue weighted by Crippen LogP contribution is -2.32. The highest BCUT2D eigenvalue weighted by atomic mass is 35.5. The first-order valence-electron chi connectivity index (χ1n) is 9.58. The van der Waals surface area contributed by atoms with Gasteiger partial charge in [0.25, 0.3) is 5.69 Å². The number of carbonyl (C=O) groups is 1. The molecule has 3 aromatic carbocycles. The zero-order valence-electron chi connectivity index (χ0n) is 16.8. The number of rotatable bonds is 5. The summed E-state index contributed by atoms with van der Waals surface area (Å²) in [6, 6.07) is 18.5. The van der Waals surface area contributed by atoms with E-state index in [-0.39, 0.29) is 15.8 Å². The predicted octanol–water partition coefficient (Wildman–Crippen LogP) is 6.05. The Morgan fingerprint density at radius 3 is 2.70 bits per heavy atom. The number of nitrogens with one attached hydrogen (secondary N) is 2. The Labute approximate surface area is 202 Å². The SMILES string of the molecule is O=C(C=Cc1ccc(Cl)c([N+](=O)[O-])c1)NC(=S)Nc1nc(-c2ccc3ccccc3c2)cs1. The molecule has 0 saturated carbocycles. The molecule has 7 nitrogen and oxygen atoms in total. The third-order valence-corrected chi connectivity index (χ3v) is 5.88. The highest BCUT2D eigenvalue weighted by Gasteiger charge is 2.12. The standard InChI is InChI=1S/C23H15ClN4O3S2/c24-18-9-5-14(11-20(18)28(30)31)6-10-21(29)26-22(32)27-23-25-19(13-33-23)17-8-7-15-3-1-2-4-16(15)12-17/h1-13H,(H2,25,26,27,29,32). The second kappa shape index (κ2) is 9.86. The molecule has 0 aliphatic rings. The topological polar surface area (TPSA) is 97.2 Å². The molecule has 0 fully saturated rings. The molecular weight excluding hydrogens is 480 g/mol. The van der Waals surface area contributed by atoms with Crippen LogP contribution in [0.4, 0.5) is 10.8 Å². The van der Waals surface area contributed by atoms with Gasteiger partial charge in [0.2, 0.25) is 5.91 Å². The summed E-state index contributed by atoms with van der Waals surface area (Å²) in [5.41, 5.74) is 2.00. The Bertz CT molecular complexity index is 1420. The monoisotopic (exact) mass is 494 g/mol. The van der Waals surface area contributed by atoms with E-state index in [4.69, 9.17) is 23.8 Å². The molecule has 0 aliphatic heterocycles. The first kappa shape index (κ1) is 22.5. The fourth-order valence-corrected chi connectivity index (χ4v) is 4.21. The number of hydrogen-bond donors (Lipinski definition) is 2. The van der Waals surface area contributed by atoms with Crippen LogP contribution in [0.2, 0.25) is 5.02 Å². The van der Waals surface area contributed by atoms with Crippen LogP contribution < -0.4 is 10.6 Å². The van der Waals surface area contributed by atoms with Crippen LogP contribution >= 0.6 is 35.2 Å². The minimum Gasteiger partial charge on any atom is -0.308 e. The maximum Gasteiger partial charge on any atom is 0.288 e.